The van der Waals surface area contributed by atoms with Gasteiger partial charge in [0.25, 0.3) is 0 Å². The molecule has 0 fully saturated rings. The van der Waals surface area contributed by atoms with Gasteiger partial charge in [-0.3, -0.25) is 10.6 Å². The second-order valence-electron chi connectivity index (χ2n) is 16.9. The molecule has 3 rings (SSSR count). The number of benzene rings is 2. The molecule has 0 saturated heterocycles. The van der Waals surface area contributed by atoms with Crippen LogP contribution in [0.25, 0.3) is 21.8 Å². The number of aromatic nitrogens is 1. The number of nitrogens with one attached hydrogen (secondary N) is 2. The van der Waals surface area contributed by atoms with Crippen LogP contribution in [0.15, 0.2) is 36.4 Å². The van der Waals surface area contributed by atoms with Crippen molar-refractivity contribution in [1.82, 2.24) is 4.57 Å². The Morgan fingerprint density at radius 1 is 0.500 bits per heavy atom. The fourth-order valence-electron chi connectivity index (χ4n) is 8.01. The van der Waals surface area contributed by atoms with E-state index in [4.69, 9.17) is 28.4 Å². The Morgan fingerprint density at radius 2 is 0.887 bits per heavy atom. The van der Waals surface area contributed by atoms with Crippen LogP contribution in [0.3, 0.4) is 0 Å². The average molecular weight is 868 g/mol. The summed E-state index contributed by atoms with van der Waals surface area (Å²) >= 11 is 0. The van der Waals surface area contributed by atoms with Crippen LogP contribution in [0.1, 0.15) is 168 Å². The molecule has 11 nitrogen and oxygen atoms in total. The summed E-state index contributed by atoms with van der Waals surface area (Å²) < 4.78 is 35.8. The van der Waals surface area contributed by atoms with Crippen LogP contribution < -0.4 is 10.6 Å². The zero-order chi connectivity index (χ0) is 44.3. The van der Waals surface area contributed by atoms with E-state index in [-0.39, 0.29) is 19.3 Å². The molecule has 0 aliphatic carbocycles. The summed E-state index contributed by atoms with van der Waals surface area (Å²) in [6.45, 7) is 8.02. The molecule has 1 atom stereocenters. The van der Waals surface area contributed by atoms with E-state index in [9.17, 15) is 9.59 Å². The number of anilines is 2. The van der Waals surface area contributed by atoms with Crippen molar-refractivity contribution < 1.29 is 38.0 Å². The summed E-state index contributed by atoms with van der Waals surface area (Å²) in [5, 5.41) is 7.54. The molecule has 1 heterocycles. The molecule has 0 aliphatic heterocycles. The molecule has 1 unspecified atom stereocenters. The number of methoxy groups -OCH3 is 2. The number of carbonyl (C=O) groups is 2. The van der Waals surface area contributed by atoms with Gasteiger partial charge < -0.3 is 33.0 Å². The quantitative estimate of drug-likeness (QED) is 0.0544. The van der Waals surface area contributed by atoms with E-state index in [1.807, 2.05) is 36.4 Å². The number of unbranched alkanes of at least 4 members (excludes halogenated alkanes) is 22. The van der Waals surface area contributed by atoms with Crippen molar-refractivity contribution in [3.05, 3.63) is 36.4 Å². The van der Waals surface area contributed by atoms with Crippen molar-refractivity contribution in [2.24, 2.45) is 0 Å². The number of nitrogens with zero attached hydrogens (tertiary/aromatic N) is 1. The zero-order valence-electron chi connectivity index (χ0n) is 39.4. The first-order valence-electron chi connectivity index (χ1n) is 24.6. The van der Waals surface area contributed by atoms with Gasteiger partial charge in [0.15, 0.2) is 0 Å². The van der Waals surface area contributed by atoms with Gasteiger partial charge in [0, 0.05) is 60.6 Å². The number of rotatable bonds is 39. The van der Waals surface area contributed by atoms with Gasteiger partial charge in [-0.05, 0) is 49.2 Å². The van der Waals surface area contributed by atoms with E-state index in [0.29, 0.717) is 44.3 Å². The molecule has 0 spiro atoms. The average Bonchev–Trinajstić information content (AvgIpc) is 3.56. The van der Waals surface area contributed by atoms with Crippen LogP contribution in [0.2, 0.25) is 0 Å². The van der Waals surface area contributed by atoms with E-state index in [2.05, 4.69) is 29.0 Å². The Balaban J connectivity index is 1.66. The topological polar surface area (TPSA) is 119 Å². The van der Waals surface area contributed by atoms with Gasteiger partial charge >= 0.3 is 12.2 Å². The maximum Gasteiger partial charge on any atom is 0.411 e. The molecule has 352 valence electrons. The second kappa shape index (κ2) is 35.0. The molecule has 0 bridgehead atoms. The first-order chi connectivity index (χ1) is 30.5. The van der Waals surface area contributed by atoms with Gasteiger partial charge in [0.05, 0.1) is 32.5 Å². The van der Waals surface area contributed by atoms with Crippen molar-refractivity contribution in [2.45, 2.75) is 181 Å². The van der Waals surface area contributed by atoms with Crippen molar-refractivity contribution in [3.63, 3.8) is 0 Å². The molecule has 0 saturated carbocycles. The maximum absolute atomic E-state index is 12.6. The van der Waals surface area contributed by atoms with E-state index < -0.39 is 12.2 Å². The van der Waals surface area contributed by atoms with Crippen molar-refractivity contribution >= 4 is 45.4 Å². The summed E-state index contributed by atoms with van der Waals surface area (Å²) in [7, 11) is 3.13. The number of hydrogen-bond acceptors (Lipinski definition) is 8. The highest BCUT2D eigenvalue weighted by Gasteiger charge is 2.19. The monoisotopic (exact) mass is 868 g/mol. The minimum Gasteiger partial charge on any atom is -0.447 e. The summed E-state index contributed by atoms with van der Waals surface area (Å²) in [4.78, 5) is 25.1. The van der Waals surface area contributed by atoms with Crippen LogP contribution in [0.5, 0.6) is 0 Å². The van der Waals surface area contributed by atoms with E-state index in [1.54, 1.807) is 14.2 Å². The SMILES string of the molecule is CCCCCCCCCCCCCCOCC(Cn1c2ccc(NC(=O)OCCOC)cc2c2cc(NC(=O)OCCOC)ccc21)OCCCCCCCCCCCCCC. The molecule has 1 aromatic heterocycles. The fourth-order valence-corrected chi connectivity index (χ4v) is 8.01. The minimum absolute atomic E-state index is 0.152. The Bertz CT molecular complexity index is 1510. The summed E-state index contributed by atoms with van der Waals surface area (Å²) in [6.07, 6.45) is 30.2. The van der Waals surface area contributed by atoms with E-state index >= 15 is 0 Å². The second-order valence-corrected chi connectivity index (χ2v) is 16.9. The largest absolute Gasteiger partial charge is 0.447 e. The zero-order valence-corrected chi connectivity index (χ0v) is 39.4. The van der Waals surface area contributed by atoms with Crippen LogP contribution in [0, 0.1) is 0 Å². The lowest BCUT2D eigenvalue weighted by molar-refractivity contribution is -0.0255. The van der Waals surface area contributed by atoms with Crippen LogP contribution in [0.4, 0.5) is 21.0 Å². The molecular weight excluding hydrogens is 783 g/mol. The van der Waals surface area contributed by atoms with Crippen molar-refractivity contribution in [3.8, 4) is 0 Å². The Kier molecular flexibility index (Phi) is 29.9. The lowest BCUT2D eigenvalue weighted by Gasteiger charge is -2.20. The molecule has 0 aliphatic rings. The van der Waals surface area contributed by atoms with Crippen molar-refractivity contribution in [2.75, 3.05) is 71.1 Å². The third-order valence-corrected chi connectivity index (χ3v) is 11.6. The van der Waals surface area contributed by atoms with Crippen molar-refractivity contribution in [1.29, 1.82) is 0 Å². The third-order valence-electron chi connectivity index (χ3n) is 11.6. The Morgan fingerprint density at radius 3 is 1.29 bits per heavy atom. The molecule has 0 radical (unpaired) electrons. The summed E-state index contributed by atoms with van der Waals surface area (Å²) in [5.41, 5.74) is 3.17. The highest BCUT2D eigenvalue weighted by molar-refractivity contribution is 6.11. The molecule has 2 N–H and O–H groups in total. The number of carbonyl (C=O) groups excluding carboxylic acids is 2. The van der Waals surface area contributed by atoms with Gasteiger partial charge in [-0.2, -0.15) is 0 Å². The molecule has 62 heavy (non-hydrogen) atoms. The normalized spacial score (nSPS) is 12.0. The predicted octanol–water partition coefficient (Wildman–Crippen LogP) is 14.0. The maximum atomic E-state index is 12.6. The first kappa shape index (κ1) is 53.0. The lowest BCUT2D eigenvalue weighted by Crippen LogP contribution is -2.26. The lowest BCUT2D eigenvalue weighted by atomic mass is 10.1. The van der Waals surface area contributed by atoms with Crippen LogP contribution >= 0.6 is 0 Å². The van der Waals surface area contributed by atoms with Crippen LogP contribution in [-0.4, -0.2) is 83.3 Å². The highest BCUT2D eigenvalue weighted by Crippen LogP contribution is 2.34. The van der Waals surface area contributed by atoms with Crippen LogP contribution in [-0.2, 0) is 35.0 Å². The standard InChI is InChI=1S/C51H85N3O8/c1-5-7-9-11-13-15-17-19-21-23-25-27-33-59-42-45(60-34-28-26-24-22-20-18-16-14-12-10-8-6-2)41-54-48-31-29-43(52-50(55)61-37-35-57-3)39-46(48)47-40-44(30-32-49(47)54)53-51(56)62-38-36-58-4/h29-32,39-40,45H,5-28,33-38,41-42H2,1-4H3,(H,52,55)(H,53,56). The predicted molar refractivity (Wildman–Crippen MR) is 256 cm³/mol. The Hall–Kier alpha value is -3.38. The molecule has 3 aromatic rings. The summed E-state index contributed by atoms with van der Waals surface area (Å²) in [6, 6.07) is 11.7. The van der Waals surface area contributed by atoms with Gasteiger partial charge in [-0.1, -0.05) is 155 Å². The first-order valence-corrected chi connectivity index (χ1v) is 24.6. The smallest absolute Gasteiger partial charge is 0.411 e. The van der Waals surface area contributed by atoms with Gasteiger partial charge in [0.2, 0.25) is 0 Å². The number of hydrogen-bond donors (Lipinski definition) is 2. The molecular formula is C51H85N3O8. The minimum atomic E-state index is -0.553. The Labute approximate surface area is 375 Å². The number of amides is 2. The highest BCUT2D eigenvalue weighted by atomic mass is 16.6. The van der Waals surface area contributed by atoms with Gasteiger partial charge in [-0.15, -0.1) is 0 Å². The molecule has 2 amide bonds. The van der Waals surface area contributed by atoms with E-state index in [0.717, 1.165) is 41.3 Å². The summed E-state index contributed by atoms with van der Waals surface area (Å²) in [5.74, 6) is 0. The van der Waals surface area contributed by atoms with E-state index in [1.165, 1.54) is 141 Å². The fraction of sp³-hybridized carbons (Fsp3) is 0.725. The van der Waals surface area contributed by atoms with Gasteiger partial charge in [0.1, 0.15) is 13.2 Å². The third kappa shape index (κ3) is 22.8. The van der Waals surface area contributed by atoms with Gasteiger partial charge in [-0.25, -0.2) is 9.59 Å². The molecule has 2 aromatic carbocycles. The molecule has 11 heteroatoms. The number of fused-ring (bicyclic) bond motifs is 3. The number of ether oxygens (including phenoxy) is 6.